The van der Waals surface area contributed by atoms with Crippen molar-refractivity contribution in [3.05, 3.63) is 71.2 Å². The Kier molecular flexibility index (Phi) is 4.61. The molecular weight excluding hydrogens is 360 g/mol. The smallest absolute Gasteiger partial charge is 0.241 e. The summed E-state index contributed by atoms with van der Waals surface area (Å²) in [7, 11) is -3.67. The van der Waals surface area contributed by atoms with E-state index in [0.717, 1.165) is 24.8 Å². The molecule has 1 atom stereocenters. The largest absolute Gasteiger partial charge is 0.441 e. The standard InChI is InChI=1S/C21H22N2O3S/c1-14-10-11-17(20-13-22-15(2)26-20)12-21(14)27(24,25)23-19-9-5-7-16-6-3-4-8-18(16)19/h3-4,6,8,10-13,19,23H,5,7,9H2,1-2H3/t19-/m1/s1. The van der Waals surface area contributed by atoms with Crippen LogP contribution in [-0.4, -0.2) is 13.4 Å². The van der Waals surface area contributed by atoms with Gasteiger partial charge >= 0.3 is 0 Å². The molecule has 0 spiro atoms. The van der Waals surface area contributed by atoms with E-state index in [4.69, 9.17) is 4.42 Å². The first-order valence-electron chi connectivity index (χ1n) is 9.07. The Morgan fingerprint density at radius 2 is 1.96 bits per heavy atom. The molecule has 2 aromatic carbocycles. The molecule has 3 aromatic rings. The summed E-state index contributed by atoms with van der Waals surface area (Å²) < 4.78 is 34.8. The van der Waals surface area contributed by atoms with E-state index >= 15 is 0 Å². The van der Waals surface area contributed by atoms with Crippen molar-refractivity contribution in [2.75, 3.05) is 0 Å². The zero-order valence-corrected chi connectivity index (χ0v) is 16.2. The van der Waals surface area contributed by atoms with Crippen molar-refractivity contribution < 1.29 is 12.8 Å². The van der Waals surface area contributed by atoms with E-state index in [-0.39, 0.29) is 10.9 Å². The van der Waals surface area contributed by atoms with E-state index in [1.165, 1.54) is 5.56 Å². The molecule has 0 saturated carbocycles. The number of hydrogen-bond donors (Lipinski definition) is 1. The van der Waals surface area contributed by atoms with Crippen LogP contribution in [0.4, 0.5) is 0 Å². The molecule has 1 aliphatic rings. The lowest BCUT2D eigenvalue weighted by molar-refractivity contribution is 0.507. The van der Waals surface area contributed by atoms with E-state index in [1.54, 1.807) is 32.2 Å². The number of oxazole rings is 1. The van der Waals surface area contributed by atoms with Gasteiger partial charge in [0.15, 0.2) is 11.7 Å². The minimum atomic E-state index is -3.67. The van der Waals surface area contributed by atoms with Crippen molar-refractivity contribution in [2.24, 2.45) is 0 Å². The van der Waals surface area contributed by atoms with Gasteiger partial charge in [-0.05, 0) is 48.9 Å². The third-order valence-corrected chi connectivity index (χ3v) is 6.66. The van der Waals surface area contributed by atoms with Gasteiger partial charge in [-0.15, -0.1) is 0 Å². The fourth-order valence-corrected chi connectivity index (χ4v) is 5.19. The third kappa shape index (κ3) is 3.55. The van der Waals surface area contributed by atoms with E-state index < -0.39 is 10.0 Å². The molecule has 1 heterocycles. The molecule has 27 heavy (non-hydrogen) atoms. The highest BCUT2D eigenvalue weighted by molar-refractivity contribution is 7.89. The molecule has 0 unspecified atom stereocenters. The van der Waals surface area contributed by atoms with Crippen LogP contribution in [0.5, 0.6) is 0 Å². The maximum absolute atomic E-state index is 13.2. The summed E-state index contributed by atoms with van der Waals surface area (Å²) in [6.07, 6.45) is 4.38. The number of nitrogens with zero attached hydrogens (tertiary/aromatic N) is 1. The van der Waals surface area contributed by atoms with Crippen molar-refractivity contribution >= 4 is 10.0 Å². The highest BCUT2D eigenvalue weighted by atomic mass is 32.2. The van der Waals surface area contributed by atoms with Crippen LogP contribution in [0.2, 0.25) is 0 Å². The highest BCUT2D eigenvalue weighted by Gasteiger charge is 2.27. The molecule has 0 amide bonds. The average molecular weight is 382 g/mol. The zero-order chi connectivity index (χ0) is 19.0. The van der Waals surface area contributed by atoms with Crippen LogP contribution in [0.1, 0.15) is 41.5 Å². The molecule has 0 radical (unpaired) electrons. The van der Waals surface area contributed by atoms with Crippen LogP contribution >= 0.6 is 0 Å². The SMILES string of the molecule is Cc1ncc(-c2ccc(C)c(S(=O)(=O)N[C@@H]3CCCc4ccccc43)c2)o1. The summed E-state index contributed by atoms with van der Waals surface area (Å²) in [4.78, 5) is 4.37. The van der Waals surface area contributed by atoms with Gasteiger partial charge in [0.05, 0.1) is 11.1 Å². The quantitative estimate of drug-likeness (QED) is 0.730. The number of nitrogens with one attached hydrogen (secondary N) is 1. The Balaban J connectivity index is 1.69. The van der Waals surface area contributed by atoms with E-state index in [9.17, 15) is 8.42 Å². The molecular formula is C21H22N2O3S. The van der Waals surface area contributed by atoms with E-state index in [1.807, 2.05) is 24.3 Å². The second kappa shape index (κ2) is 6.94. The van der Waals surface area contributed by atoms with E-state index in [2.05, 4.69) is 15.8 Å². The van der Waals surface area contributed by atoms with Crippen molar-refractivity contribution in [2.45, 2.75) is 44.0 Å². The summed E-state index contributed by atoms with van der Waals surface area (Å²) in [5.41, 5.74) is 3.70. The minimum absolute atomic E-state index is 0.199. The predicted molar refractivity (Wildman–Crippen MR) is 104 cm³/mol. The highest BCUT2D eigenvalue weighted by Crippen LogP contribution is 2.32. The number of aromatic nitrogens is 1. The summed E-state index contributed by atoms with van der Waals surface area (Å²) in [6.45, 7) is 3.57. The molecule has 0 aliphatic heterocycles. The molecule has 0 fully saturated rings. The van der Waals surface area contributed by atoms with Crippen LogP contribution in [0.3, 0.4) is 0 Å². The Bertz CT molecular complexity index is 1090. The molecule has 140 valence electrons. The van der Waals surface area contributed by atoms with Gasteiger partial charge in [-0.2, -0.15) is 0 Å². The number of hydrogen-bond acceptors (Lipinski definition) is 4. The number of rotatable bonds is 4. The number of aryl methyl sites for hydroxylation is 3. The van der Waals surface area contributed by atoms with Crippen LogP contribution in [0.25, 0.3) is 11.3 Å². The zero-order valence-electron chi connectivity index (χ0n) is 15.4. The second-order valence-electron chi connectivity index (χ2n) is 6.99. The summed E-state index contributed by atoms with van der Waals surface area (Å²) >= 11 is 0. The molecule has 6 heteroatoms. The first kappa shape index (κ1) is 17.9. The lowest BCUT2D eigenvalue weighted by Crippen LogP contribution is -2.31. The molecule has 0 saturated heterocycles. The first-order valence-corrected chi connectivity index (χ1v) is 10.6. The topological polar surface area (TPSA) is 72.2 Å². The minimum Gasteiger partial charge on any atom is -0.441 e. The number of sulfonamides is 1. The lowest BCUT2D eigenvalue weighted by atomic mass is 9.88. The van der Waals surface area contributed by atoms with Crippen molar-refractivity contribution in [1.29, 1.82) is 0 Å². The van der Waals surface area contributed by atoms with Crippen LogP contribution in [-0.2, 0) is 16.4 Å². The number of benzene rings is 2. The number of fused-ring (bicyclic) bond motifs is 1. The van der Waals surface area contributed by atoms with E-state index in [0.29, 0.717) is 22.8 Å². The average Bonchev–Trinajstić information content (AvgIpc) is 3.08. The van der Waals surface area contributed by atoms with Crippen molar-refractivity contribution in [3.63, 3.8) is 0 Å². The predicted octanol–water partition coefficient (Wildman–Crippen LogP) is 4.31. The summed E-state index contributed by atoms with van der Waals surface area (Å²) in [5.74, 6) is 1.11. The summed E-state index contributed by atoms with van der Waals surface area (Å²) in [5, 5.41) is 0. The Morgan fingerprint density at radius 3 is 2.74 bits per heavy atom. The molecule has 1 N–H and O–H groups in total. The van der Waals surface area contributed by atoms with Crippen LogP contribution in [0.15, 0.2) is 58.0 Å². The molecule has 1 aliphatic carbocycles. The summed E-state index contributed by atoms with van der Waals surface area (Å²) in [6, 6.07) is 13.2. The fraction of sp³-hybridized carbons (Fsp3) is 0.286. The molecule has 5 nitrogen and oxygen atoms in total. The van der Waals surface area contributed by atoms with Crippen molar-refractivity contribution in [3.8, 4) is 11.3 Å². The van der Waals surface area contributed by atoms with Gasteiger partial charge in [0.25, 0.3) is 0 Å². The Labute approximate surface area is 159 Å². The first-order chi connectivity index (χ1) is 12.9. The van der Waals surface area contributed by atoms with Gasteiger partial charge in [0.1, 0.15) is 0 Å². The molecule has 0 bridgehead atoms. The molecule has 4 rings (SSSR count). The van der Waals surface area contributed by atoms with Gasteiger partial charge in [-0.3, -0.25) is 0 Å². The maximum Gasteiger partial charge on any atom is 0.241 e. The normalized spacial score (nSPS) is 16.9. The van der Waals surface area contributed by atoms with Crippen LogP contribution in [0, 0.1) is 13.8 Å². The Morgan fingerprint density at radius 1 is 1.15 bits per heavy atom. The fourth-order valence-electron chi connectivity index (χ4n) is 3.66. The van der Waals surface area contributed by atoms with Crippen molar-refractivity contribution in [1.82, 2.24) is 9.71 Å². The maximum atomic E-state index is 13.2. The van der Waals surface area contributed by atoms with Gasteiger partial charge in [0, 0.05) is 18.5 Å². The lowest BCUT2D eigenvalue weighted by Gasteiger charge is -2.26. The van der Waals surface area contributed by atoms with Crippen LogP contribution < -0.4 is 4.72 Å². The van der Waals surface area contributed by atoms with Gasteiger partial charge in [0.2, 0.25) is 10.0 Å². The van der Waals surface area contributed by atoms with Gasteiger partial charge in [-0.25, -0.2) is 18.1 Å². The molecule has 1 aromatic heterocycles. The van der Waals surface area contributed by atoms with Gasteiger partial charge in [-0.1, -0.05) is 36.4 Å². The second-order valence-corrected chi connectivity index (χ2v) is 8.67. The monoisotopic (exact) mass is 382 g/mol. The third-order valence-electron chi connectivity index (χ3n) is 5.05. The van der Waals surface area contributed by atoms with Gasteiger partial charge < -0.3 is 4.42 Å². The Hall–Kier alpha value is -2.44.